The predicted octanol–water partition coefficient (Wildman–Crippen LogP) is 3.20. The average Bonchev–Trinajstić information content (AvgIpc) is 2.96. The number of halogens is 3. The van der Waals surface area contributed by atoms with Crippen LogP contribution in [0.2, 0.25) is 0 Å². The van der Waals surface area contributed by atoms with E-state index in [2.05, 4.69) is 5.32 Å². The van der Waals surface area contributed by atoms with Gasteiger partial charge in [-0.25, -0.2) is 4.39 Å². The quantitative estimate of drug-likeness (QED) is 0.838. The lowest BCUT2D eigenvalue weighted by Gasteiger charge is -2.35. The van der Waals surface area contributed by atoms with Crippen LogP contribution in [0.4, 0.5) is 18.9 Å². The number of fused-ring (bicyclic) bond motifs is 1. The Morgan fingerprint density at radius 3 is 2.33 bits per heavy atom. The molecule has 0 spiro atoms. The molecule has 1 aliphatic rings. The number of Topliss-reactive ketones (excluding diaryl/α,β-unsaturated/α-hetero) is 1. The second-order valence-corrected chi connectivity index (χ2v) is 5.91. The molecule has 0 aliphatic carbocycles. The van der Waals surface area contributed by atoms with Crippen LogP contribution in [0.1, 0.15) is 15.9 Å². The van der Waals surface area contributed by atoms with Crippen molar-refractivity contribution in [3.63, 3.8) is 0 Å². The summed E-state index contributed by atoms with van der Waals surface area (Å²) in [5.41, 5.74) is -4.37. The summed E-state index contributed by atoms with van der Waals surface area (Å²) in [6.45, 7) is 0. The zero-order valence-electron chi connectivity index (χ0n) is 13.5. The smallest absolute Gasteiger partial charge is 0.325 e. The first-order valence-corrected chi connectivity index (χ1v) is 7.69. The Kier molecular flexibility index (Phi) is 4.21. The van der Waals surface area contributed by atoms with E-state index in [0.717, 1.165) is 24.3 Å². The van der Waals surface area contributed by atoms with E-state index in [4.69, 9.17) is 0 Å². The molecule has 1 amide bonds. The van der Waals surface area contributed by atoms with E-state index in [-0.39, 0.29) is 5.69 Å². The Bertz CT molecular complexity index is 1010. The molecular weight excluding hydrogens is 359 g/mol. The average molecular weight is 369 g/mol. The van der Waals surface area contributed by atoms with E-state index in [0.29, 0.717) is 6.07 Å². The number of carbonyl (C=O) groups excluding carboxylic acids is 2. The molecule has 0 aromatic heterocycles. The fourth-order valence-electron chi connectivity index (χ4n) is 3.25. The highest BCUT2D eigenvalue weighted by atomic mass is 19.3. The highest BCUT2D eigenvalue weighted by Crippen LogP contribution is 2.53. The van der Waals surface area contributed by atoms with Crippen LogP contribution < -0.4 is 5.32 Å². The molecule has 1 atom stereocenters. The molecule has 0 radical (unpaired) electrons. The Balaban J connectivity index is 2.33. The molecule has 1 heterocycles. The van der Waals surface area contributed by atoms with Gasteiger partial charge in [0, 0.05) is 16.8 Å². The third-order valence-electron chi connectivity index (χ3n) is 4.52. The molecule has 134 valence electrons. The van der Waals surface area contributed by atoms with Gasteiger partial charge in [0.25, 0.3) is 0 Å². The number of alkyl halides is 2. The molecule has 0 saturated carbocycles. The summed E-state index contributed by atoms with van der Waals surface area (Å²) in [4.78, 5) is 25.2. The van der Waals surface area contributed by atoms with Crippen LogP contribution in [0, 0.1) is 34.4 Å². The predicted molar refractivity (Wildman–Crippen MR) is 87.1 cm³/mol. The third-order valence-corrected chi connectivity index (χ3v) is 4.52. The second-order valence-electron chi connectivity index (χ2n) is 5.91. The van der Waals surface area contributed by atoms with Gasteiger partial charge in [-0.3, -0.25) is 9.59 Å². The number of rotatable bonds is 4. The van der Waals surface area contributed by atoms with Crippen LogP contribution in [0.5, 0.6) is 0 Å². The van der Waals surface area contributed by atoms with Crippen LogP contribution in [-0.4, -0.2) is 17.6 Å². The van der Waals surface area contributed by atoms with Crippen molar-refractivity contribution in [2.45, 2.75) is 11.3 Å². The maximum Gasteiger partial charge on any atom is 0.330 e. The lowest BCUT2D eigenvalue weighted by atomic mass is 9.65. The number of amides is 1. The number of carbonyl (C=O) groups is 2. The lowest BCUT2D eigenvalue weighted by Crippen LogP contribution is -2.58. The van der Waals surface area contributed by atoms with Gasteiger partial charge in [0.2, 0.25) is 11.7 Å². The maximum atomic E-state index is 15.5. The maximum absolute atomic E-state index is 15.5. The first kappa shape index (κ1) is 18.2. The molecular formula is C19H10F3N3O2. The third kappa shape index (κ3) is 2.38. The van der Waals surface area contributed by atoms with Crippen molar-refractivity contribution >= 4 is 17.4 Å². The van der Waals surface area contributed by atoms with Gasteiger partial charge in [0.15, 0.2) is 11.3 Å². The van der Waals surface area contributed by atoms with Crippen molar-refractivity contribution in [1.82, 2.24) is 0 Å². The van der Waals surface area contributed by atoms with Gasteiger partial charge < -0.3 is 5.32 Å². The summed E-state index contributed by atoms with van der Waals surface area (Å²) < 4.78 is 44.8. The normalized spacial score (nSPS) is 18.4. The molecule has 3 rings (SSSR count). The van der Waals surface area contributed by atoms with Crippen LogP contribution in [0.15, 0.2) is 48.5 Å². The molecule has 0 unspecified atom stereocenters. The van der Waals surface area contributed by atoms with E-state index in [9.17, 15) is 24.5 Å². The monoisotopic (exact) mass is 369 g/mol. The van der Waals surface area contributed by atoms with Gasteiger partial charge in [0.05, 0.1) is 12.1 Å². The lowest BCUT2D eigenvalue weighted by molar-refractivity contribution is -0.134. The number of nitriles is 2. The number of hydrogen-bond acceptors (Lipinski definition) is 4. The highest BCUT2D eigenvalue weighted by molar-refractivity contribution is 6.14. The minimum absolute atomic E-state index is 0.183. The molecule has 5 nitrogen and oxygen atoms in total. The van der Waals surface area contributed by atoms with Gasteiger partial charge in [-0.1, -0.05) is 30.3 Å². The topological polar surface area (TPSA) is 93.8 Å². The number of benzene rings is 2. The molecule has 0 bridgehead atoms. The van der Waals surface area contributed by atoms with E-state index in [1.165, 1.54) is 30.3 Å². The summed E-state index contributed by atoms with van der Waals surface area (Å²) >= 11 is 0. The Morgan fingerprint density at radius 1 is 1.11 bits per heavy atom. The molecule has 0 fully saturated rings. The molecule has 8 heteroatoms. The van der Waals surface area contributed by atoms with Crippen molar-refractivity contribution in [3.05, 3.63) is 65.5 Å². The molecule has 2 aromatic carbocycles. The van der Waals surface area contributed by atoms with E-state index in [1.54, 1.807) is 0 Å². The van der Waals surface area contributed by atoms with Crippen molar-refractivity contribution in [3.8, 4) is 12.1 Å². The van der Waals surface area contributed by atoms with E-state index in [1.807, 2.05) is 0 Å². The molecule has 1 aliphatic heterocycles. The van der Waals surface area contributed by atoms with Crippen molar-refractivity contribution in [2.75, 3.05) is 5.32 Å². The first-order chi connectivity index (χ1) is 12.8. The number of nitrogens with one attached hydrogen (secondary N) is 1. The van der Waals surface area contributed by atoms with Crippen LogP contribution in [0.3, 0.4) is 0 Å². The first-order valence-electron chi connectivity index (χ1n) is 7.69. The minimum Gasteiger partial charge on any atom is -0.325 e. The zero-order chi connectivity index (χ0) is 19.8. The Morgan fingerprint density at radius 2 is 1.74 bits per heavy atom. The second kappa shape index (κ2) is 6.26. The minimum atomic E-state index is -4.49. The van der Waals surface area contributed by atoms with Gasteiger partial charge in [0.1, 0.15) is 5.82 Å². The molecule has 27 heavy (non-hydrogen) atoms. The van der Waals surface area contributed by atoms with Crippen LogP contribution >= 0.6 is 0 Å². The summed E-state index contributed by atoms with van der Waals surface area (Å²) in [5.74, 6) is -10.8. The summed E-state index contributed by atoms with van der Waals surface area (Å²) in [5, 5.41) is 20.7. The molecule has 1 N–H and O–H groups in total. The molecule has 2 aromatic rings. The summed E-state index contributed by atoms with van der Waals surface area (Å²) in [6, 6.07) is 11.8. The largest absolute Gasteiger partial charge is 0.330 e. The fourth-order valence-corrected chi connectivity index (χ4v) is 3.25. The van der Waals surface area contributed by atoms with E-state index < -0.39 is 45.9 Å². The van der Waals surface area contributed by atoms with Crippen molar-refractivity contribution < 1.29 is 22.8 Å². The SMILES string of the molecule is N#CC(C#N)[C@]1(C(F)(F)C(=O)c2ccccc2)C(=O)Nc2ccc(F)cc21. The van der Waals surface area contributed by atoms with Crippen LogP contribution in [-0.2, 0) is 10.2 Å². The Labute approximate surface area is 151 Å². The van der Waals surface area contributed by atoms with E-state index >= 15 is 8.78 Å². The molecule has 0 saturated heterocycles. The van der Waals surface area contributed by atoms with Gasteiger partial charge in [-0.05, 0) is 18.2 Å². The number of ketones is 1. The van der Waals surface area contributed by atoms with Gasteiger partial charge >= 0.3 is 5.92 Å². The number of anilines is 1. The van der Waals surface area contributed by atoms with Gasteiger partial charge in [-0.2, -0.15) is 19.3 Å². The van der Waals surface area contributed by atoms with Crippen LogP contribution in [0.25, 0.3) is 0 Å². The summed E-state index contributed by atoms with van der Waals surface area (Å²) in [7, 11) is 0. The summed E-state index contributed by atoms with van der Waals surface area (Å²) in [6.07, 6.45) is 0. The number of hydrogen-bond donors (Lipinski definition) is 1. The Hall–Kier alpha value is -3.65. The standard InChI is InChI=1S/C19H10F3N3O2/c20-13-6-7-15-14(8-13)18(17(27)25-15,12(9-23)10-24)19(21,22)16(26)11-4-2-1-3-5-11/h1-8,12H,(H,25,27)/t18-/m1/s1. The van der Waals surface area contributed by atoms with Crippen molar-refractivity contribution in [1.29, 1.82) is 10.5 Å². The number of nitrogens with zero attached hydrogens (tertiary/aromatic N) is 2. The highest BCUT2D eigenvalue weighted by Gasteiger charge is 2.71. The van der Waals surface area contributed by atoms with Crippen molar-refractivity contribution in [2.24, 2.45) is 5.92 Å². The fraction of sp³-hybridized carbons (Fsp3) is 0.158. The van der Waals surface area contributed by atoms with Gasteiger partial charge in [-0.15, -0.1) is 0 Å². The zero-order valence-corrected chi connectivity index (χ0v) is 13.5.